The van der Waals surface area contributed by atoms with Crippen LogP contribution >= 0.6 is 12.2 Å². The number of thiocarbonyl (C=S) groups is 1. The second kappa shape index (κ2) is 12.9. The van der Waals surface area contributed by atoms with Crippen LogP contribution in [0.4, 0.5) is 0 Å². The highest BCUT2D eigenvalue weighted by Gasteiger charge is 2.34. The topological polar surface area (TPSA) is 97.0 Å². The van der Waals surface area contributed by atoms with Gasteiger partial charge < -0.3 is 19.7 Å². The largest absolute Gasteiger partial charge is 0.490 e. The minimum Gasteiger partial charge on any atom is -0.490 e. The molecule has 1 atom stereocenters. The molecule has 3 rings (SSSR count). The molecule has 0 radical (unpaired) electrons. The molecule has 1 heterocycles. The molecule has 0 bridgehead atoms. The molecule has 9 heteroatoms. The van der Waals surface area contributed by atoms with Crippen molar-refractivity contribution in [1.29, 1.82) is 0 Å². The monoisotopic (exact) mass is 497 g/mol. The number of piperazine rings is 1. The van der Waals surface area contributed by atoms with Crippen LogP contribution in [-0.4, -0.2) is 59.6 Å². The maximum Gasteiger partial charge on any atom is 0.308 e. The second-order valence-electron chi connectivity index (χ2n) is 8.44. The molecule has 35 heavy (non-hydrogen) atoms. The highest BCUT2D eigenvalue weighted by molar-refractivity contribution is 7.80. The predicted octanol–water partition coefficient (Wildman–Crippen LogP) is 2.86. The lowest BCUT2D eigenvalue weighted by molar-refractivity contribution is -0.147. The number of esters is 1. The van der Waals surface area contributed by atoms with Gasteiger partial charge >= 0.3 is 5.97 Å². The van der Waals surface area contributed by atoms with Gasteiger partial charge in [-0.3, -0.25) is 19.7 Å². The summed E-state index contributed by atoms with van der Waals surface area (Å²) in [5.74, 6) is -0.832. The molecule has 1 saturated heterocycles. The van der Waals surface area contributed by atoms with Gasteiger partial charge in [-0.1, -0.05) is 42.5 Å². The first-order chi connectivity index (χ1) is 16.8. The fraction of sp³-hybridized carbons (Fsp3) is 0.385. The summed E-state index contributed by atoms with van der Waals surface area (Å²) in [6.07, 6.45) is 1.20. The van der Waals surface area contributed by atoms with Gasteiger partial charge in [-0.25, -0.2) is 0 Å². The van der Waals surface area contributed by atoms with Gasteiger partial charge in [0.05, 0.1) is 24.7 Å². The summed E-state index contributed by atoms with van der Waals surface area (Å²) < 4.78 is 11.1. The summed E-state index contributed by atoms with van der Waals surface area (Å²) in [6.45, 7) is 4.72. The van der Waals surface area contributed by atoms with Gasteiger partial charge in [0, 0.05) is 13.1 Å². The summed E-state index contributed by atoms with van der Waals surface area (Å²) in [4.78, 5) is 39.5. The summed E-state index contributed by atoms with van der Waals surface area (Å²) in [7, 11) is 0. The zero-order chi connectivity index (χ0) is 25.2. The SMILES string of the molecule is CC(C)Oc1ccccc1C(=O)NC(=S)N1CCNC(=O)C1CC(=O)OCCCc1ccccc1. The Balaban J connectivity index is 1.56. The van der Waals surface area contributed by atoms with Gasteiger partial charge in [0.25, 0.3) is 5.91 Å². The average Bonchev–Trinajstić information content (AvgIpc) is 2.83. The summed E-state index contributed by atoms with van der Waals surface area (Å²) in [5.41, 5.74) is 1.50. The van der Waals surface area contributed by atoms with Crippen molar-refractivity contribution in [3.05, 3.63) is 65.7 Å². The first kappa shape index (κ1) is 26.2. The first-order valence-electron chi connectivity index (χ1n) is 11.7. The van der Waals surface area contributed by atoms with Crippen molar-refractivity contribution >= 4 is 35.1 Å². The summed E-state index contributed by atoms with van der Waals surface area (Å²) >= 11 is 5.45. The maximum atomic E-state index is 12.9. The Labute approximate surface area is 211 Å². The zero-order valence-corrected chi connectivity index (χ0v) is 20.8. The molecule has 0 aliphatic carbocycles. The van der Waals surface area contributed by atoms with E-state index in [1.54, 1.807) is 29.2 Å². The van der Waals surface area contributed by atoms with Crippen molar-refractivity contribution in [2.75, 3.05) is 19.7 Å². The molecule has 1 aliphatic rings. The minimum absolute atomic E-state index is 0.0751. The smallest absolute Gasteiger partial charge is 0.308 e. The van der Waals surface area contributed by atoms with Crippen LogP contribution in [0, 0.1) is 0 Å². The highest BCUT2D eigenvalue weighted by Crippen LogP contribution is 2.20. The van der Waals surface area contributed by atoms with Crippen LogP contribution in [0.2, 0.25) is 0 Å². The van der Waals surface area contributed by atoms with Crippen LogP contribution in [0.15, 0.2) is 54.6 Å². The van der Waals surface area contributed by atoms with E-state index in [0.717, 1.165) is 6.42 Å². The van der Waals surface area contributed by atoms with Gasteiger partial charge in [0.2, 0.25) is 5.91 Å². The number of nitrogens with zero attached hydrogens (tertiary/aromatic N) is 1. The van der Waals surface area contributed by atoms with E-state index in [0.29, 0.717) is 30.8 Å². The van der Waals surface area contributed by atoms with Crippen molar-refractivity contribution in [2.24, 2.45) is 0 Å². The number of hydrogen-bond donors (Lipinski definition) is 2. The number of ether oxygens (including phenoxy) is 2. The number of carbonyl (C=O) groups excluding carboxylic acids is 3. The van der Waals surface area contributed by atoms with E-state index in [-0.39, 0.29) is 30.2 Å². The van der Waals surface area contributed by atoms with E-state index in [4.69, 9.17) is 21.7 Å². The van der Waals surface area contributed by atoms with Crippen LogP contribution in [0.1, 0.15) is 42.6 Å². The third-order valence-electron chi connectivity index (χ3n) is 5.38. The van der Waals surface area contributed by atoms with Gasteiger partial charge in [0.15, 0.2) is 5.11 Å². The lowest BCUT2D eigenvalue weighted by Gasteiger charge is -2.36. The maximum absolute atomic E-state index is 12.9. The Bertz CT molecular complexity index is 1040. The fourth-order valence-corrected chi connectivity index (χ4v) is 4.04. The molecule has 1 aliphatic heterocycles. The Morgan fingerprint density at radius 1 is 1.14 bits per heavy atom. The molecule has 0 spiro atoms. The van der Waals surface area contributed by atoms with Crippen LogP contribution in [0.3, 0.4) is 0 Å². The Morgan fingerprint density at radius 2 is 1.86 bits per heavy atom. The number of benzene rings is 2. The van der Waals surface area contributed by atoms with Crippen molar-refractivity contribution < 1.29 is 23.9 Å². The Hall–Kier alpha value is -3.46. The van der Waals surface area contributed by atoms with E-state index in [2.05, 4.69) is 10.6 Å². The third kappa shape index (κ3) is 7.78. The molecule has 2 aromatic carbocycles. The molecule has 2 amide bonds. The van der Waals surface area contributed by atoms with Crippen LogP contribution in [0.5, 0.6) is 5.75 Å². The van der Waals surface area contributed by atoms with Crippen molar-refractivity contribution in [3.63, 3.8) is 0 Å². The number of hydrogen-bond acceptors (Lipinski definition) is 6. The number of para-hydroxylation sites is 1. The summed E-state index contributed by atoms with van der Waals surface area (Å²) in [6, 6.07) is 15.9. The normalized spacial score (nSPS) is 15.3. The quantitative estimate of drug-likeness (QED) is 0.312. The van der Waals surface area contributed by atoms with E-state index in [9.17, 15) is 14.4 Å². The standard InChI is InChI=1S/C26H31N3O5S/c1-18(2)34-22-13-7-6-12-20(22)24(31)28-26(35)29-15-14-27-25(32)21(29)17-23(30)33-16-8-11-19-9-4-3-5-10-19/h3-7,9-10,12-13,18,21H,8,11,14-17H2,1-2H3,(H,27,32)(H,28,31,35). The van der Waals surface area contributed by atoms with Crippen molar-refractivity contribution in [2.45, 2.75) is 45.3 Å². The molecule has 2 N–H and O–H groups in total. The van der Waals surface area contributed by atoms with Gasteiger partial charge in [-0.05, 0) is 56.6 Å². The molecule has 186 valence electrons. The highest BCUT2D eigenvalue weighted by atomic mass is 32.1. The average molecular weight is 498 g/mol. The molecule has 8 nitrogen and oxygen atoms in total. The number of amides is 2. The lowest BCUT2D eigenvalue weighted by Crippen LogP contribution is -2.60. The van der Waals surface area contributed by atoms with Crippen LogP contribution < -0.4 is 15.4 Å². The number of carbonyl (C=O) groups is 3. The van der Waals surface area contributed by atoms with Crippen LogP contribution in [-0.2, 0) is 20.7 Å². The summed E-state index contributed by atoms with van der Waals surface area (Å²) in [5, 5.41) is 5.50. The number of nitrogens with one attached hydrogen (secondary N) is 2. The van der Waals surface area contributed by atoms with Crippen molar-refractivity contribution in [3.8, 4) is 5.75 Å². The first-order valence-corrected chi connectivity index (χ1v) is 12.1. The molecule has 0 saturated carbocycles. The zero-order valence-electron chi connectivity index (χ0n) is 20.0. The molecule has 1 fully saturated rings. The van der Waals surface area contributed by atoms with E-state index in [1.165, 1.54) is 5.56 Å². The van der Waals surface area contributed by atoms with E-state index >= 15 is 0 Å². The minimum atomic E-state index is -0.861. The Kier molecular flexibility index (Phi) is 9.60. The van der Waals surface area contributed by atoms with Gasteiger partial charge in [0.1, 0.15) is 11.8 Å². The molecule has 0 aromatic heterocycles. The second-order valence-corrected chi connectivity index (χ2v) is 8.82. The molecule has 2 aromatic rings. The van der Waals surface area contributed by atoms with E-state index < -0.39 is 17.9 Å². The van der Waals surface area contributed by atoms with Gasteiger partial charge in [-0.2, -0.15) is 0 Å². The third-order valence-corrected chi connectivity index (χ3v) is 5.72. The molecular weight excluding hydrogens is 466 g/mol. The van der Waals surface area contributed by atoms with Gasteiger partial charge in [-0.15, -0.1) is 0 Å². The number of rotatable bonds is 9. The number of aryl methyl sites for hydroxylation is 1. The fourth-order valence-electron chi connectivity index (χ4n) is 3.73. The molecular formula is C26H31N3O5S. The molecule has 1 unspecified atom stereocenters. The Morgan fingerprint density at radius 3 is 2.60 bits per heavy atom. The van der Waals surface area contributed by atoms with E-state index in [1.807, 2.05) is 44.2 Å². The predicted molar refractivity (Wildman–Crippen MR) is 136 cm³/mol. The van der Waals surface area contributed by atoms with Crippen LogP contribution in [0.25, 0.3) is 0 Å². The van der Waals surface area contributed by atoms with Crippen molar-refractivity contribution in [1.82, 2.24) is 15.5 Å². The lowest BCUT2D eigenvalue weighted by atomic mass is 10.1.